The second-order valence-corrected chi connectivity index (χ2v) is 4.22. The van der Waals surface area contributed by atoms with Crippen molar-refractivity contribution >= 4 is 5.97 Å². The zero-order valence-electron chi connectivity index (χ0n) is 9.57. The number of hydrogen-bond donors (Lipinski definition) is 0. The number of carbonyl (C=O) groups is 1. The van der Waals surface area contributed by atoms with Crippen LogP contribution in [0, 0.1) is 0 Å². The largest absolute Gasteiger partial charge is 0.457 e. The van der Waals surface area contributed by atoms with E-state index < -0.39 is 0 Å². The summed E-state index contributed by atoms with van der Waals surface area (Å²) in [6, 6.07) is 0.459. The van der Waals surface area contributed by atoms with E-state index in [1.165, 1.54) is 6.08 Å². The molecule has 0 aromatic heterocycles. The first-order valence-corrected chi connectivity index (χ1v) is 5.29. The number of carbonyl (C=O) groups excluding carboxylic acids is 1. The summed E-state index contributed by atoms with van der Waals surface area (Å²) in [5, 5.41) is 0. The normalized spacial score (nSPS) is 30.9. The molecule has 0 amide bonds. The lowest BCUT2D eigenvalue weighted by atomic mass is 10.2. The summed E-state index contributed by atoms with van der Waals surface area (Å²) in [5.41, 5.74) is 0. The van der Waals surface area contributed by atoms with E-state index in [9.17, 15) is 4.79 Å². The summed E-state index contributed by atoms with van der Waals surface area (Å²) >= 11 is 0. The molecule has 0 radical (unpaired) electrons. The number of morpholine rings is 1. The van der Waals surface area contributed by atoms with E-state index in [-0.39, 0.29) is 5.97 Å². The summed E-state index contributed by atoms with van der Waals surface area (Å²) in [5.74, 6) is -0.345. The van der Waals surface area contributed by atoms with E-state index in [1.54, 1.807) is 0 Å². The number of ether oxygens (including phenoxy) is 2. The Kier molecular flexibility index (Phi) is 4.29. The molecule has 1 aliphatic rings. The second kappa shape index (κ2) is 5.28. The van der Waals surface area contributed by atoms with Gasteiger partial charge in [-0.3, -0.25) is 0 Å². The van der Waals surface area contributed by atoms with Gasteiger partial charge in [-0.25, -0.2) is 4.79 Å². The molecule has 0 aromatic rings. The van der Waals surface area contributed by atoms with Crippen molar-refractivity contribution in [2.45, 2.75) is 13.0 Å². The third kappa shape index (κ3) is 3.32. The van der Waals surface area contributed by atoms with Gasteiger partial charge in [0.1, 0.15) is 25.7 Å². The summed E-state index contributed by atoms with van der Waals surface area (Å²) in [6.07, 6.45) is 1.20. The van der Waals surface area contributed by atoms with E-state index in [0.29, 0.717) is 12.6 Å². The third-order valence-electron chi connectivity index (χ3n) is 3.18. The maximum atomic E-state index is 10.9. The van der Waals surface area contributed by atoms with Crippen LogP contribution < -0.4 is 0 Å². The van der Waals surface area contributed by atoms with Gasteiger partial charge in [0.15, 0.2) is 0 Å². The van der Waals surface area contributed by atoms with E-state index in [4.69, 9.17) is 9.47 Å². The van der Waals surface area contributed by atoms with Gasteiger partial charge < -0.3 is 14.0 Å². The second-order valence-electron chi connectivity index (χ2n) is 4.22. The van der Waals surface area contributed by atoms with Crippen molar-refractivity contribution in [2.24, 2.45) is 0 Å². The van der Waals surface area contributed by atoms with Crippen molar-refractivity contribution in [3.05, 3.63) is 12.7 Å². The molecule has 0 bridgehead atoms. The molecule has 2 atom stereocenters. The van der Waals surface area contributed by atoms with Crippen LogP contribution in [0.5, 0.6) is 0 Å². The van der Waals surface area contributed by atoms with Crippen LogP contribution in [0.25, 0.3) is 0 Å². The molecule has 86 valence electrons. The van der Waals surface area contributed by atoms with Crippen LogP contribution in [0.1, 0.15) is 6.92 Å². The van der Waals surface area contributed by atoms with Gasteiger partial charge >= 0.3 is 5.97 Å². The van der Waals surface area contributed by atoms with Crippen LogP contribution in [-0.4, -0.2) is 56.5 Å². The molecule has 4 nitrogen and oxygen atoms in total. The first kappa shape index (κ1) is 12.2. The number of quaternary nitrogens is 1. The van der Waals surface area contributed by atoms with Crippen molar-refractivity contribution in [1.82, 2.24) is 0 Å². The molecule has 4 heteroatoms. The Morgan fingerprint density at radius 3 is 3.07 bits per heavy atom. The zero-order valence-corrected chi connectivity index (χ0v) is 9.57. The summed E-state index contributed by atoms with van der Waals surface area (Å²) < 4.78 is 11.3. The monoisotopic (exact) mass is 214 g/mol. The molecule has 0 N–H and O–H groups in total. The van der Waals surface area contributed by atoms with Gasteiger partial charge in [0.25, 0.3) is 0 Å². The Labute approximate surface area is 91.1 Å². The predicted octanol–water partition coefficient (Wildman–Crippen LogP) is 0.581. The van der Waals surface area contributed by atoms with Crippen LogP contribution in [-0.2, 0) is 14.3 Å². The fourth-order valence-corrected chi connectivity index (χ4v) is 1.67. The third-order valence-corrected chi connectivity index (χ3v) is 3.18. The maximum absolute atomic E-state index is 10.9. The molecule has 0 aliphatic carbocycles. The lowest BCUT2D eigenvalue weighted by Crippen LogP contribution is -2.59. The highest BCUT2D eigenvalue weighted by atomic mass is 16.5. The molecular weight excluding hydrogens is 194 g/mol. The summed E-state index contributed by atoms with van der Waals surface area (Å²) in [4.78, 5) is 10.9. The Balaban J connectivity index is 2.34. The summed E-state index contributed by atoms with van der Waals surface area (Å²) in [7, 11) is 2.18. The van der Waals surface area contributed by atoms with Gasteiger partial charge in [0, 0.05) is 6.08 Å². The number of likely N-dealkylation sites (N-methyl/N-ethyl adjacent to an activating group) is 1. The first-order chi connectivity index (χ1) is 7.08. The molecule has 15 heavy (non-hydrogen) atoms. The van der Waals surface area contributed by atoms with Gasteiger partial charge in [-0.1, -0.05) is 6.58 Å². The highest BCUT2D eigenvalue weighted by molar-refractivity contribution is 5.81. The Hall–Kier alpha value is -0.870. The van der Waals surface area contributed by atoms with E-state index in [1.807, 2.05) is 0 Å². The first-order valence-electron chi connectivity index (χ1n) is 5.29. The van der Waals surface area contributed by atoms with Crippen molar-refractivity contribution in [1.29, 1.82) is 0 Å². The Morgan fingerprint density at radius 2 is 2.47 bits per heavy atom. The molecule has 1 aliphatic heterocycles. The minimum atomic E-state index is -0.345. The smallest absolute Gasteiger partial charge is 0.330 e. The molecule has 0 saturated carbocycles. The molecule has 0 spiro atoms. The van der Waals surface area contributed by atoms with Crippen molar-refractivity contribution in [3.8, 4) is 0 Å². The number of nitrogens with zero attached hydrogens (tertiary/aromatic N) is 1. The standard InChI is InChI=1S/C11H20NO3/c1-4-11(13)15-8-6-12(3)5-7-14-9-10(12)2/h4,10H,1,5-9H2,2-3H3/q+1. The molecule has 1 saturated heterocycles. The minimum absolute atomic E-state index is 0.345. The molecule has 1 rings (SSSR count). The maximum Gasteiger partial charge on any atom is 0.330 e. The van der Waals surface area contributed by atoms with Crippen LogP contribution in [0.15, 0.2) is 12.7 Å². The average molecular weight is 214 g/mol. The van der Waals surface area contributed by atoms with Gasteiger partial charge in [-0.05, 0) is 6.92 Å². The van der Waals surface area contributed by atoms with Gasteiger partial charge in [-0.15, -0.1) is 0 Å². The van der Waals surface area contributed by atoms with Gasteiger partial charge in [0.05, 0.1) is 20.3 Å². The minimum Gasteiger partial charge on any atom is -0.457 e. The van der Waals surface area contributed by atoms with Crippen LogP contribution in [0.2, 0.25) is 0 Å². The van der Waals surface area contributed by atoms with Crippen molar-refractivity contribution in [2.75, 3.05) is 40.0 Å². The van der Waals surface area contributed by atoms with Crippen molar-refractivity contribution < 1.29 is 18.8 Å². The molecule has 2 unspecified atom stereocenters. The van der Waals surface area contributed by atoms with E-state index >= 15 is 0 Å². The lowest BCUT2D eigenvalue weighted by Gasteiger charge is -2.42. The fraction of sp³-hybridized carbons (Fsp3) is 0.727. The van der Waals surface area contributed by atoms with Crippen LogP contribution in [0.3, 0.4) is 0 Å². The lowest BCUT2D eigenvalue weighted by molar-refractivity contribution is -0.939. The van der Waals surface area contributed by atoms with E-state index in [2.05, 4.69) is 20.6 Å². The highest BCUT2D eigenvalue weighted by Gasteiger charge is 2.32. The van der Waals surface area contributed by atoms with Gasteiger partial charge in [0.2, 0.25) is 0 Å². The molecule has 1 fully saturated rings. The quantitative estimate of drug-likeness (QED) is 0.390. The van der Waals surface area contributed by atoms with Crippen LogP contribution >= 0.6 is 0 Å². The van der Waals surface area contributed by atoms with Crippen LogP contribution in [0.4, 0.5) is 0 Å². The topological polar surface area (TPSA) is 35.5 Å². The Morgan fingerprint density at radius 1 is 1.73 bits per heavy atom. The predicted molar refractivity (Wildman–Crippen MR) is 57.4 cm³/mol. The molecule has 0 aromatic carbocycles. The zero-order chi connectivity index (χ0) is 11.3. The number of rotatable bonds is 4. The average Bonchev–Trinajstić information content (AvgIpc) is 2.22. The van der Waals surface area contributed by atoms with Gasteiger partial charge in [-0.2, -0.15) is 0 Å². The molecular formula is C11H20NO3+. The summed E-state index contributed by atoms with van der Waals surface area (Å²) in [6.45, 7) is 9.36. The fourth-order valence-electron chi connectivity index (χ4n) is 1.67. The molecule has 1 heterocycles. The SMILES string of the molecule is C=CC(=O)OCC[N+]1(C)CCOCC1C. The number of hydrogen-bond acceptors (Lipinski definition) is 3. The highest BCUT2D eigenvalue weighted by Crippen LogP contribution is 2.14. The Bertz CT molecular complexity index is 242. The van der Waals surface area contributed by atoms with E-state index in [0.717, 1.165) is 30.8 Å². The van der Waals surface area contributed by atoms with Crippen molar-refractivity contribution in [3.63, 3.8) is 0 Å². The number of esters is 1.